The molecular weight excluding hydrogens is 328 g/mol. The zero-order chi connectivity index (χ0) is 17.9. The Morgan fingerprint density at radius 2 is 1.62 bits per heavy atom. The van der Waals surface area contributed by atoms with Gasteiger partial charge in [0, 0.05) is 12.4 Å². The molecular formula is C10H10N8O6. The maximum atomic E-state index is 9.97. The fourth-order valence-corrected chi connectivity index (χ4v) is 0.995. The van der Waals surface area contributed by atoms with Gasteiger partial charge in [-0.25, -0.2) is 24.4 Å². The zero-order valence-corrected chi connectivity index (χ0v) is 11.6. The molecule has 3 aromatic heterocycles. The van der Waals surface area contributed by atoms with Crippen molar-refractivity contribution in [1.29, 1.82) is 0 Å². The van der Waals surface area contributed by atoms with Crippen molar-refractivity contribution in [3.63, 3.8) is 0 Å². The molecule has 0 saturated carbocycles. The molecule has 6 N–H and O–H groups in total. The van der Waals surface area contributed by atoms with Crippen LogP contribution in [0.3, 0.4) is 0 Å². The summed E-state index contributed by atoms with van der Waals surface area (Å²) in [5.74, 6) is -3.36. The molecule has 14 heteroatoms. The monoisotopic (exact) mass is 338 g/mol. The molecule has 3 heterocycles. The van der Waals surface area contributed by atoms with E-state index in [0.717, 1.165) is 12.5 Å². The van der Waals surface area contributed by atoms with Gasteiger partial charge in [-0.3, -0.25) is 5.10 Å². The number of aromatic nitrogens is 8. The van der Waals surface area contributed by atoms with Crippen LogP contribution >= 0.6 is 0 Å². The lowest BCUT2D eigenvalue weighted by Crippen LogP contribution is -1.97. The smallest absolute Gasteiger partial charge is 0.373 e. The van der Waals surface area contributed by atoms with Gasteiger partial charge < -0.3 is 20.3 Å². The molecule has 0 unspecified atom stereocenters. The Balaban J connectivity index is 0.000000180. The molecule has 0 saturated heterocycles. The molecule has 0 spiro atoms. The Morgan fingerprint density at radius 3 is 1.88 bits per heavy atom. The summed E-state index contributed by atoms with van der Waals surface area (Å²) >= 11 is 0. The van der Waals surface area contributed by atoms with E-state index in [4.69, 9.17) is 15.3 Å². The van der Waals surface area contributed by atoms with Gasteiger partial charge in [0.05, 0.1) is 6.20 Å². The van der Waals surface area contributed by atoms with Gasteiger partial charge in [0.25, 0.3) is 0 Å². The number of rotatable bonds is 3. The number of nitrogens with zero attached hydrogens (tertiary/aromatic N) is 5. The Kier molecular flexibility index (Phi) is 6.75. The van der Waals surface area contributed by atoms with Crippen molar-refractivity contribution in [3.8, 4) is 0 Å². The molecule has 0 aliphatic carbocycles. The predicted octanol–water partition coefficient (Wildman–Crippen LogP) is -0.886. The lowest BCUT2D eigenvalue weighted by Gasteiger charge is -1.79. The third-order valence-corrected chi connectivity index (χ3v) is 1.95. The number of carboxylic acids is 3. The van der Waals surface area contributed by atoms with E-state index in [1.54, 1.807) is 0 Å². The maximum absolute atomic E-state index is 9.97. The number of nitrogens with one attached hydrogen (secondary N) is 3. The highest BCUT2D eigenvalue weighted by molar-refractivity contribution is 5.84. The summed E-state index contributed by atoms with van der Waals surface area (Å²) < 4.78 is 0. The van der Waals surface area contributed by atoms with E-state index in [1.807, 2.05) is 0 Å². The number of imidazole rings is 1. The number of aromatic amines is 3. The average molecular weight is 338 g/mol. The van der Waals surface area contributed by atoms with Gasteiger partial charge >= 0.3 is 17.9 Å². The minimum atomic E-state index is -1.09. The summed E-state index contributed by atoms with van der Waals surface area (Å²) in [6.07, 6.45) is 5.14. The molecule has 0 atom stereocenters. The highest BCUT2D eigenvalue weighted by Gasteiger charge is 2.03. The van der Waals surface area contributed by atoms with Crippen LogP contribution < -0.4 is 0 Å². The summed E-state index contributed by atoms with van der Waals surface area (Å²) in [5.41, 5.74) is -0.0648. The van der Waals surface area contributed by atoms with Gasteiger partial charge in [-0.1, -0.05) is 0 Å². The van der Waals surface area contributed by atoms with Gasteiger partial charge in [-0.2, -0.15) is 15.4 Å². The van der Waals surface area contributed by atoms with Crippen molar-refractivity contribution >= 4 is 17.9 Å². The van der Waals surface area contributed by atoms with Gasteiger partial charge in [0.15, 0.2) is 5.69 Å². The largest absolute Gasteiger partial charge is 0.476 e. The molecule has 126 valence electrons. The lowest BCUT2D eigenvalue weighted by atomic mass is 10.5. The molecule has 0 aliphatic rings. The molecule has 3 rings (SSSR count). The minimum Gasteiger partial charge on any atom is -0.476 e. The minimum absolute atomic E-state index is 0.0231. The molecule has 24 heavy (non-hydrogen) atoms. The first-order valence-corrected chi connectivity index (χ1v) is 5.82. The Hall–Kier alpha value is -4.10. The van der Waals surface area contributed by atoms with E-state index in [-0.39, 0.29) is 17.3 Å². The topological polar surface area (TPSA) is 224 Å². The van der Waals surface area contributed by atoms with Crippen LogP contribution in [-0.2, 0) is 0 Å². The van der Waals surface area contributed by atoms with E-state index in [2.05, 4.69) is 40.6 Å². The van der Waals surface area contributed by atoms with Gasteiger partial charge in [-0.15, -0.1) is 5.10 Å². The average Bonchev–Trinajstić information content (AvgIpc) is 3.29. The van der Waals surface area contributed by atoms with E-state index in [9.17, 15) is 14.4 Å². The second kappa shape index (κ2) is 9.03. The van der Waals surface area contributed by atoms with E-state index in [0.29, 0.717) is 0 Å². The summed E-state index contributed by atoms with van der Waals surface area (Å²) in [7, 11) is 0. The summed E-state index contributed by atoms with van der Waals surface area (Å²) in [6.45, 7) is 0. The van der Waals surface area contributed by atoms with Crippen LogP contribution in [0, 0.1) is 0 Å². The number of carboxylic acid groups (broad SMARTS) is 3. The highest BCUT2D eigenvalue weighted by atomic mass is 16.4. The number of aromatic carboxylic acids is 3. The number of carbonyl (C=O) groups is 3. The first-order valence-electron chi connectivity index (χ1n) is 5.82. The normalized spacial score (nSPS) is 9.00. The standard InChI is InChI=1S/C4H4N2O2.2C3H3N3O2/c7-4(8)3-5-1-2-6-3;7-3(8)2-4-1-5-6-2;7-3(8)2-1-4-6-5-2/h1-2H,(H,5,6)(H,7,8);2*1H,(H,7,8)(H,4,5,6). The van der Waals surface area contributed by atoms with Crippen molar-refractivity contribution in [2.24, 2.45) is 0 Å². The van der Waals surface area contributed by atoms with Crippen LogP contribution in [-0.4, -0.2) is 73.8 Å². The fraction of sp³-hybridized carbons (Fsp3) is 0. The number of H-pyrrole nitrogens is 3. The molecule has 14 nitrogen and oxygen atoms in total. The Labute approximate surface area is 131 Å². The number of hydrogen-bond acceptors (Lipinski definition) is 8. The van der Waals surface area contributed by atoms with Crippen LogP contribution in [0.2, 0.25) is 0 Å². The SMILES string of the molecule is O=C(O)c1cn[nH]n1.O=C(O)c1ncc[nH]1.O=C(O)c1ncn[nH]1. The lowest BCUT2D eigenvalue weighted by molar-refractivity contribution is 0.0674. The first kappa shape index (κ1) is 18.0. The Morgan fingerprint density at radius 1 is 0.917 bits per heavy atom. The Bertz CT molecular complexity index is 646. The van der Waals surface area contributed by atoms with Crippen LogP contribution in [0.5, 0.6) is 0 Å². The van der Waals surface area contributed by atoms with Gasteiger partial charge in [0.1, 0.15) is 6.33 Å². The maximum Gasteiger partial charge on any atom is 0.373 e. The van der Waals surface area contributed by atoms with Crippen molar-refractivity contribution in [2.75, 3.05) is 0 Å². The second-order valence-corrected chi connectivity index (χ2v) is 3.54. The quantitative estimate of drug-likeness (QED) is 0.343. The van der Waals surface area contributed by atoms with Crippen LogP contribution in [0.15, 0.2) is 24.9 Å². The van der Waals surface area contributed by atoms with E-state index in [1.165, 1.54) is 12.4 Å². The van der Waals surface area contributed by atoms with E-state index < -0.39 is 17.9 Å². The van der Waals surface area contributed by atoms with Crippen molar-refractivity contribution < 1.29 is 29.7 Å². The summed E-state index contributed by atoms with van der Waals surface area (Å²) in [4.78, 5) is 39.1. The summed E-state index contributed by atoms with van der Waals surface area (Å²) in [6, 6.07) is 0. The van der Waals surface area contributed by atoms with Crippen LogP contribution in [0.1, 0.15) is 31.7 Å². The van der Waals surface area contributed by atoms with Crippen LogP contribution in [0.25, 0.3) is 0 Å². The molecule has 3 aromatic rings. The number of hydrogen-bond donors (Lipinski definition) is 6. The van der Waals surface area contributed by atoms with Gasteiger partial charge in [-0.05, 0) is 0 Å². The molecule has 0 radical (unpaired) electrons. The van der Waals surface area contributed by atoms with Gasteiger partial charge in [0.2, 0.25) is 11.6 Å². The second-order valence-electron chi connectivity index (χ2n) is 3.54. The van der Waals surface area contributed by atoms with Crippen molar-refractivity contribution in [3.05, 3.63) is 42.3 Å². The summed E-state index contributed by atoms with van der Waals surface area (Å²) in [5, 5.41) is 38.7. The molecule has 0 amide bonds. The molecule has 0 fully saturated rings. The third kappa shape index (κ3) is 6.12. The molecule has 0 aromatic carbocycles. The zero-order valence-electron chi connectivity index (χ0n) is 11.6. The van der Waals surface area contributed by atoms with Crippen molar-refractivity contribution in [2.45, 2.75) is 0 Å². The highest BCUT2D eigenvalue weighted by Crippen LogP contribution is 1.85. The van der Waals surface area contributed by atoms with Crippen molar-refractivity contribution in [1.82, 2.24) is 40.6 Å². The molecule has 0 bridgehead atoms. The third-order valence-electron chi connectivity index (χ3n) is 1.95. The first-order chi connectivity index (χ1) is 11.4. The molecule has 0 aliphatic heterocycles. The fourth-order valence-electron chi connectivity index (χ4n) is 0.995. The van der Waals surface area contributed by atoms with E-state index >= 15 is 0 Å². The predicted molar refractivity (Wildman–Crippen MR) is 72.2 cm³/mol. The van der Waals surface area contributed by atoms with Crippen LogP contribution in [0.4, 0.5) is 0 Å².